The monoisotopic (exact) mass is 975 g/mol. The summed E-state index contributed by atoms with van der Waals surface area (Å²) in [6.45, 7) is 0. The van der Waals surface area contributed by atoms with Crippen molar-refractivity contribution >= 4 is 51.0 Å². The number of aliphatic imine (C=N–C) groups is 1. The fourth-order valence-corrected chi connectivity index (χ4v) is 9.78. The molecule has 1 unspecified atom stereocenters. The maximum absolute atomic E-state index is 6.47. The molecule has 5 heteroatoms. The molecule has 0 saturated heterocycles. The number of para-hydroxylation sites is 2. The van der Waals surface area contributed by atoms with E-state index in [-0.39, 0.29) is 26.0 Å². The van der Waals surface area contributed by atoms with Crippen LogP contribution < -0.4 is 4.40 Å². The van der Waals surface area contributed by atoms with Crippen molar-refractivity contribution < 1.29 is 24.5 Å². The second-order valence-corrected chi connectivity index (χ2v) is 25.8. The van der Waals surface area contributed by atoms with Gasteiger partial charge in [0, 0.05) is 31.4 Å². The van der Waals surface area contributed by atoms with Gasteiger partial charge in [-0.05, 0) is 51.2 Å². The molecule has 0 saturated carbocycles. The predicted molar refractivity (Wildman–Crippen MR) is 236 cm³/mol. The zero-order chi connectivity index (χ0) is 38.1. The van der Waals surface area contributed by atoms with E-state index in [1.54, 1.807) is 0 Å². The summed E-state index contributed by atoms with van der Waals surface area (Å²) in [6, 6.07) is 67.9. The van der Waals surface area contributed by atoms with Crippen LogP contribution in [-0.4, -0.2) is 24.0 Å². The molecular formula is C52H40GeIrN2O-2. The Morgan fingerprint density at radius 1 is 0.579 bits per heavy atom. The average molecular weight is 974 g/mol. The number of aromatic nitrogens is 1. The predicted octanol–water partition coefficient (Wildman–Crippen LogP) is 13.1. The summed E-state index contributed by atoms with van der Waals surface area (Å²) in [4.78, 5) is 9.79. The maximum atomic E-state index is 6.47. The van der Waals surface area contributed by atoms with E-state index in [1.165, 1.54) is 37.8 Å². The molecule has 0 N–H and O–H groups in total. The largest absolute Gasteiger partial charge is 0.501 e. The van der Waals surface area contributed by atoms with Gasteiger partial charge in [-0.25, -0.2) is 0 Å². The first kappa shape index (κ1) is 38.2. The molecule has 7 aromatic carbocycles. The number of hydrogen-bond donors (Lipinski definition) is 0. The van der Waals surface area contributed by atoms with Crippen LogP contribution in [0.25, 0.3) is 55.4 Å². The summed E-state index contributed by atoms with van der Waals surface area (Å²) in [6.07, 6.45) is 2.04. The smallest absolute Gasteiger partial charge is 0.120 e. The SMILES string of the molecule is [CH3][Ge]([CH3])([CH3])[c]1ccc(-c2[c-]cccc2)nc1.[Ir].[c-]1ccc2c(oc3ccccc32)c1C1=Nc2ccccc2C1c1cc(-c2ccccc2)ccc1-c1ccccc1. The molecule has 1 atom stereocenters. The number of hydrogen-bond acceptors (Lipinski definition) is 3. The molecule has 9 aromatic rings. The Morgan fingerprint density at radius 3 is 2.04 bits per heavy atom. The van der Waals surface area contributed by atoms with Crippen molar-refractivity contribution in [3.8, 4) is 33.5 Å². The number of benzene rings is 7. The third-order valence-corrected chi connectivity index (χ3v) is 14.8. The van der Waals surface area contributed by atoms with Gasteiger partial charge < -0.3 is 4.42 Å². The molecule has 10 rings (SSSR count). The Morgan fingerprint density at radius 2 is 1.30 bits per heavy atom. The van der Waals surface area contributed by atoms with Crippen molar-refractivity contribution in [1.29, 1.82) is 0 Å². The van der Waals surface area contributed by atoms with Crippen molar-refractivity contribution in [1.82, 2.24) is 4.98 Å². The summed E-state index contributed by atoms with van der Waals surface area (Å²) >= 11 is -1.72. The molecule has 2 aromatic heterocycles. The van der Waals surface area contributed by atoms with E-state index in [0.717, 1.165) is 50.2 Å². The van der Waals surface area contributed by atoms with E-state index in [9.17, 15) is 0 Å². The second-order valence-electron chi connectivity index (χ2n) is 15.2. The van der Waals surface area contributed by atoms with Gasteiger partial charge in [-0.1, -0.05) is 126 Å². The molecule has 0 spiro atoms. The van der Waals surface area contributed by atoms with Gasteiger partial charge in [0.15, 0.2) is 0 Å². The van der Waals surface area contributed by atoms with Crippen molar-refractivity contribution in [3.05, 3.63) is 211 Å². The Bertz CT molecular complexity index is 2830. The normalized spacial score (nSPS) is 13.3. The zero-order valence-corrected chi connectivity index (χ0v) is 36.5. The molecule has 0 fully saturated rings. The summed E-state index contributed by atoms with van der Waals surface area (Å²) in [5, 5.41) is 2.19. The van der Waals surface area contributed by atoms with Crippen LogP contribution >= 0.6 is 0 Å². The van der Waals surface area contributed by atoms with Gasteiger partial charge in [-0.15, -0.1) is 18.2 Å². The molecule has 0 bridgehead atoms. The van der Waals surface area contributed by atoms with Crippen molar-refractivity contribution in [3.63, 3.8) is 0 Å². The number of nitrogens with zero attached hydrogens (tertiary/aromatic N) is 2. The fraction of sp³-hybridized carbons (Fsp3) is 0.0769. The summed E-state index contributed by atoms with van der Waals surface area (Å²) in [5.74, 6) is 7.06. The molecular weight excluding hydrogens is 933 g/mol. The zero-order valence-electron chi connectivity index (χ0n) is 32.0. The van der Waals surface area contributed by atoms with Crippen molar-refractivity contribution in [2.45, 2.75) is 23.2 Å². The minimum absolute atomic E-state index is 0. The third kappa shape index (κ3) is 7.74. The Labute approximate surface area is 350 Å². The van der Waals surface area contributed by atoms with Gasteiger partial charge in [0.1, 0.15) is 5.58 Å². The molecule has 3 nitrogen and oxygen atoms in total. The van der Waals surface area contributed by atoms with Crippen LogP contribution in [0.1, 0.15) is 22.6 Å². The molecule has 279 valence electrons. The van der Waals surface area contributed by atoms with Gasteiger partial charge in [-0.3, -0.25) is 4.99 Å². The van der Waals surface area contributed by atoms with Gasteiger partial charge in [-0.2, -0.15) is 0 Å². The first-order valence-corrected chi connectivity index (χ1v) is 26.4. The standard InChI is InChI=1S/C38H24NO.C14H16GeN.Ir/c1-3-12-25(13-4-1)27-22-23-28(26-14-5-2-6-15-26)33(24-27)36-31-17-7-9-20-34(31)39-37(36)32-19-11-18-30-29-16-8-10-21-35(29)40-38(30)32;1-15(2,3)13-9-10-14(16-11-13)12-7-5-4-6-8-12;/h1-18,20-24,36H;4-7,9-11H,1-3H3;/q2*-1;. The second kappa shape index (κ2) is 16.4. The Balaban J connectivity index is 0.000000226. The average Bonchev–Trinajstić information content (AvgIpc) is 3.83. The van der Waals surface area contributed by atoms with Crippen LogP contribution in [0.15, 0.2) is 192 Å². The summed E-state index contributed by atoms with van der Waals surface area (Å²) in [7, 11) is 0. The molecule has 3 heterocycles. The topological polar surface area (TPSA) is 38.4 Å². The van der Waals surface area contributed by atoms with E-state index >= 15 is 0 Å². The number of rotatable bonds is 6. The van der Waals surface area contributed by atoms with Gasteiger partial charge in [0.2, 0.25) is 0 Å². The number of fused-ring (bicyclic) bond motifs is 4. The van der Waals surface area contributed by atoms with E-state index in [2.05, 4.69) is 168 Å². The quantitative estimate of drug-likeness (QED) is 0.123. The molecule has 1 aliphatic rings. The first-order valence-electron chi connectivity index (χ1n) is 19.1. The van der Waals surface area contributed by atoms with Gasteiger partial charge in [0.05, 0.1) is 11.3 Å². The van der Waals surface area contributed by atoms with Crippen LogP contribution in [0.3, 0.4) is 0 Å². The molecule has 0 amide bonds. The molecule has 1 radical (unpaired) electrons. The van der Waals surface area contributed by atoms with Gasteiger partial charge >= 0.3 is 99.8 Å². The Kier molecular flexibility index (Phi) is 11.0. The van der Waals surface area contributed by atoms with Crippen LogP contribution in [0.5, 0.6) is 0 Å². The van der Waals surface area contributed by atoms with E-state index in [1.807, 2.05) is 48.7 Å². The minimum Gasteiger partial charge on any atom is -0.501 e. The summed E-state index contributed by atoms with van der Waals surface area (Å²) in [5.41, 5.74) is 13.8. The minimum atomic E-state index is -1.72. The van der Waals surface area contributed by atoms with Crippen LogP contribution in [0, 0.1) is 12.1 Å². The Hall–Kier alpha value is -5.65. The van der Waals surface area contributed by atoms with Crippen LogP contribution in [0.4, 0.5) is 5.69 Å². The molecule has 1 aliphatic heterocycles. The van der Waals surface area contributed by atoms with E-state index < -0.39 is 13.3 Å². The van der Waals surface area contributed by atoms with Crippen molar-refractivity contribution in [2.75, 3.05) is 0 Å². The molecule has 57 heavy (non-hydrogen) atoms. The fourth-order valence-electron chi connectivity index (χ4n) is 7.61. The van der Waals surface area contributed by atoms with Crippen LogP contribution in [0.2, 0.25) is 17.3 Å². The van der Waals surface area contributed by atoms with Crippen LogP contribution in [-0.2, 0) is 20.1 Å². The van der Waals surface area contributed by atoms with E-state index in [0.29, 0.717) is 0 Å². The third-order valence-electron chi connectivity index (χ3n) is 10.5. The first-order chi connectivity index (χ1) is 27.4. The van der Waals surface area contributed by atoms with E-state index in [4.69, 9.17) is 9.41 Å². The summed E-state index contributed by atoms with van der Waals surface area (Å²) < 4.78 is 7.92. The molecule has 0 aliphatic carbocycles. The number of pyridine rings is 1. The van der Waals surface area contributed by atoms with Gasteiger partial charge in [0.25, 0.3) is 0 Å². The van der Waals surface area contributed by atoms with Crippen molar-refractivity contribution in [2.24, 2.45) is 4.99 Å². The maximum Gasteiger partial charge on any atom is 0.120 e. The number of furan rings is 1.